The fraction of sp³-hybridized carbons (Fsp3) is 0.125. The van der Waals surface area contributed by atoms with Gasteiger partial charge in [0.05, 0.1) is 5.69 Å². The van der Waals surface area contributed by atoms with Gasteiger partial charge in [0.2, 0.25) is 0 Å². The first-order chi connectivity index (χ1) is 9.66. The number of fused-ring (bicyclic) bond motifs is 1. The lowest BCUT2D eigenvalue weighted by Crippen LogP contribution is -2.37. The number of anilines is 1. The Morgan fingerprint density at radius 2 is 1.85 bits per heavy atom. The van der Waals surface area contributed by atoms with Crippen molar-refractivity contribution in [3.05, 3.63) is 63.2 Å². The van der Waals surface area contributed by atoms with Gasteiger partial charge in [0.1, 0.15) is 0 Å². The summed E-state index contributed by atoms with van der Waals surface area (Å²) in [5.74, 6) is 0.0508. The number of carbonyl (C=O) groups is 2. The molecule has 1 amide bonds. The molecule has 2 aromatic carbocycles. The maximum Gasteiger partial charge on any atom is 0.258 e. The molecule has 0 aromatic heterocycles. The van der Waals surface area contributed by atoms with Crippen molar-refractivity contribution in [1.82, 2.24) is 0 Å². The van der Waals surface area contributed by atoms with Crippen molar-refractivity contribution >= 4 is 40.0 Å². The topological polar surface area (TPSA) is 37.4 Å². The molecule has 2 aromatic rings. The highest BCUT2D eigenvalue weighted by Crippen LogP contribution is 2.30. The van der Waals surface area contributed by atoms with Gasteiger partial charge in [-0.15, -0.1) is 0 Å². The molecular formula is C16H12INO2. The Hall–Kier alpha value is -1.69. The molecule has 20 heavy (non-hydrogen) atoms. The predicted octanol–water partition coefficient (Wildman–Crippen LogP) is 3.52. The maximum absolute atomic E-state index is 12.6. The van der Waals surface area contributed by atoms with Gasteiger partial charge in [0.25, 0.3) is 5.91 Å². The van der Waals surface area contributed by atoms with E-state index >= 15 is 0 Å². The van der Waals surface area contributed by atoms with Gasteiger partial charge in [-0.25, -0.2) is 0 Å². The predicted molar refractivity (Wildman–Crippen MR) is 86.2 cm³/mol. The number of benzene rings is 2. The van der Waals surface area contributed by atoms with Crippen LogP contribution in [0.5, 0.6) is 0 Å². The van der Waals surface area contributed by atoms with Crippen LogP contribution in [-0.2, 0) is 0 Å². The van der Waals surface area contributed by atoms with Gasteiger partial charge in [0.15, 0.2) is 5.78 Å². The molecule has 0 bridgehead atoms. The Balaban J connectivity index is 2.05. The highest BCUT2D eigenvalue weighted by molar-refractivity contribution is 14.1. The lowest BCUT2D eigenvalue weighted by Gasteiger charge is -2.29. The molecule has 0 radical (unpaired) electrons. The van der Waals surface area contributed by atoms with Crippen LogP contribution in [0.1, 0.15) is 27.1 Å². The van der Waals surface area contributed by atoms with E-state index in [-0.39, 0.29) is 11.7 Å². The SMILES string of the molecule is O=C1CCN(C(=O)c2ccccc2)c2cc(I)ccc21. The van der Waals surface area contributed by atoms with Crippen LogP contribution >= 0.6 is 22.6 Å². The second-order valence-electron chi connectivity index (χ2n) is 4.66. The van der Waals surface area contributed by atoms with Crippen LogP contribution in [0.3, 0.4) is 0 Å². The van der Waals surface area contributed by atoms with Gasteiger partial charge >= 0.3 is 0 Å². The number of rotatable bonds is 1. The third-order valence-electron chi connectivity index (χ3n) is 3.38. The van der Waals surface area contributed by atoms with Gasteiger partial charge in [-0.05, 0) is 52.9 Å². The van der Waals surface area contributed by atoms with Crippen LogP contribution in [0.4, 0.5) is 5.69 Å². The van der Waals surface area contributed by atoms with E-state index in [0.717, 1.165) is 9.26 Å². The zero-order chi connectivity index (χ0) is 14.1. The summed E-state index contributed by atoms with van der Waals surface area (Å²) in [6.45, 7) is 0.444. The first kappa shape index (κ1) is 13.3. The van der Waals surface area contributed by atoms with Crippen LogP contribution in [-0.4, -0.2) is 18.2 Å². The number of halogens is 1. The van der Waals surface area contributed by atoms with Crippen LogP contribution in [0.2, 0.25) is 0 Å². The first-order valence-electron chi connectivity index (χ1n) is 6.36. The molecule has 0 spiro atoms. The summed E-state index contributed by atoms with van der Waals surface area (Å²) in [5, 5.41) is 0. The molecule has 0 saturated carbocycles. The Labute approximate surface area is 130 Å². The van der Waals surface area contributed by atoms with E-state index in [0.29, 0.717) is 24.1 Å². The van der Waals surface area contributed by atoms with Gasteiger partial charge < -0.3 is 4.90 Å². The molecule has 0 N–H and O–H groups in total. The molecule has 0 unspecified atom stereocenters. The number of Topliss-reactive ketones (excluding diaryl/α,β-unsaturated/α-hetero) is 1. The summed E-state index contributed by atoms with van der Waals surface area (Å²) < 4.78 is 1.02. The van der Waals surface area contributed by atoms with Crippen molar-refractivity contribution in [2.45, 2.75) is 6.42 Å². The second-order valence-corrected chi connectivity index (χ2v) is 5.90. The smallest absolute Gasteiger partial charge is 0.258 e. The highest BCUT2D eigenvalue weighted by atomic mass is 127. The Morgan fingerprint density at radius 1 is 1.10 bits per heavy atom. The van der Waals surface area contributed by atoms with Crippen LogP contribution < -0.4 is 4.90 Å². The van der Waals surface area contributed by atoms with E-state index in [2.05, 4.69) is 22.6 Å². The monoisotopic (exact) mass is 377 g/mol. The van der Waals surface area contributed by atoms with E-state index in [1.54, 1.807) is 17.0 Å². The maximum atomic E-state index is 12.6. The van der Waals surface area contributed by atoms with Crippen molar-refractivity contribution < 1.29 is 9.59 Å². The largest absolute Gasteiger partial charge is 0.307 e. The molecule has 100 valence electrons. The van der Waals surface area contributed by atoms with Crippen molar-refractivity contribution in [2.24, 2.45) is 0 Å². The summed E-state index contributed by atoms with van der Waals surface area (Å²) in [5.41, 5.74) is 2.01. The highest BCUT2D eigenvalue weighted by Gasteiger charge is 2.27. The molecule has 3 rings (SSSR count). The Bertz CT molecular complexity index is 682. The molecule has 0 fully saturated rings. The van der Waals surface area contributed by atoms with Crippen molar-refractivity contribution in [3.8, 4) is 0 Å². The minimum absolute atomic E-state index is 0.0543. The van der Waals surface area contributed by atoms with E-state index < -0.39 is 0 Å². The number of hydrogen-bond acceptors (Lipinski definition) is 2. The Morgan fingerprint density at radius 3 is 2.60 bits per heavy atom. The van der Waals surface area contributed by atoms with Gasteiger partial charge in [-0.1, -0.05) is 18.2 Å². The molecule has 1 aliphatic rings. The summed E-state index contributed by atoms with van der Waals surface area (Å²) in [4.78, 5) is 26.3. The fourth-order valence-electron chi connectivity index (χ4n) is 2.38. The van der Waals surface area contributed by atoms with Gasteiger partial charge in [-0.2, -0.15) is 0 Å². The van der Waals surface area contributed by atoms with Crippen molar-refractivity contribution in [3.63, 3.8) is 0 Å². The molecule has 0 atom stereocenters. The average Bonchev–Trinajstić information content (AvgIpc) is 2.48. The first-order valence-corrected chi connectivity index (χ1v) is 7.44. The third kappa shape index (κ3) is 2.35. The Kier molecular flexibility index (Phi) is 3.56. The average molecular weight is 377 g/mol. The molecule has 4 heteroatoms. The van der Waals surface area contributed by atoms with E-state index in [1.807, 2.05) is 36.4 Å². The normalized spacial score (nSPS) is 14.1. The molecule has 1 heterocycles. The molecule has 0 aliphatic carbocycles. The zero-order valence-electron chi connectivity index (χ0n) is 10.7. The lowest BCUT2D eigenvalue weighted by molar-refractivity contribution is 0.0955. The minimum atomic E-state index is -0.0543. The minimum Gasteiger partial charge on any atom is -0.307 e. The van der Waals surface area contributed by atoms with Crippen molar-refractivity contribution in [1.29, 1.82) is 0 Å². The molecule has 0 saturated heterocycles. The number of hydrogen-bond donors (Lipinski definition) is 0. The number of carbonyl (C=O) groups excluding carboxylic acids is 2. The zero-order valence-corrected chi connectivity index (χ0v) is 12.8. The summed E-state index contributed by atoms with van der Waals surface area (Å²) in [6, 6.07) is 14.8. The van der Waals surface area contributed by atoms with Crippen LogP contribution in [0.25, 0.3) is 0 Å². The van der Waals surface area contributed by atoms with Gasteiger partial charge in [0, 0.05) is 27.7 Å². The summed E-state index contributed by atoms with van der Waals surface area (Å²) in [6.07, 6.45) is 0.381. The van der Waals surface area contributed by atoms with E-state index in [1.165, 1.54) is 0 Å². The molecule has 3 nitrogen and oxygen atoms in total. The van der Waals surface area contributed by atoms with Crippen LogP contribution in [0.15, 0.2) is 48.5 Å². The molecule has 1 aliphatic heterocycles. The summed E-state index contributed by atoms with van der Waals surface area (Å²) in [7, 11) is 0. The van der Waals surface area contributed by atoms with Crippen molar-refractivity contribution in [2.75, 3.05) is 11.4 Å². The number of amides is 1. The van der Waals surface area contributed by atoms with Gasteiger partial charge in [-0.3, -0.25) is 9.59 Å². The second kappa shape index (κ2) is 5.36. The summed E-state index contributed by atoms with van der Waals surface area (Å²) >= 11 is 2.19. The van der Waals surface area contributed by atoms with E-state index in [9.17, 15) is 9.59 Å². The molecular weight excluding hydrogens is 365 g/mol. The quantitative estimate of drug-likeness (QED) is 0.714. The van der Waals surface area contributed by atoms with Crippen LogP contribution in [0, 0.1) is 3.57 Å². The fourth-order valence-corrected chi connectivity index (χ4v) is 2.85. The number of nitrogens with zero attached hydrogens (tertiary/aromatic N) is 1. The third-order valence-corrected chi connectivity index (χ3v) is 4.05. The lowest BCUT2D eigenvalue weighted by atomic mass is 9.99. The standard InChI is InChI=1S/C16H12INO2/c17-12-6-7-13-14(10-12)18(9-8-15(13)19)16(20)11-4-2-1-3-5-11/h1-7,10H,8-9H2. The van der Waals surface area contributed by atoms with E-state index in [4.69, 9.17) is 0 Å². The number of ketones is 1.